The molecule has 1 aromatic rings. The fourth-order valence-electron chi connectivity index (χ4n) is 1.29. The van der Waals surface area contributed by atoms with E-state index in [0.29, 0.717) is 0 Å². The SMILES string of the molecule is CCCN(C)c1ncc(N)c(C)c1Br. The molecule has 1 aromatic heterocycles. The number of anilines is 2. The standard InChI is InChI=1S/C10H16BrN3/c1-4-5-14(3)10-9(11)7(2)8(12)6-13-10/h6H,4-5,12H2,1-3H3. The van der Waals surface area contributed by atoms with E-state index in [1.165, 1.54) is 0 Å². The summed E-state index contributed by atoms with van der Waals surface area (Å²) >= 11 is 3.52. The van der Waals surface area contributed by atoms with Crippen molar-refractivity contribution < 1.29 is 0 Å². The number of hydrogen-bond donors (Lipinski definition) is 1. The molecule has 0 atom stereocenters. The van der Waals surface area contributed by atoms with Crippen molar-refractivity contribution in [3.05, 3.63) is 16.2 Å². The van der Waals surface area contributed by atoms with Gasteiger partial charge in [-0.1, -0.05) is 6.92 Å². The van der Waals surface area contributed by atoms with E-state index in [-0.39, 0.29) is 0 Å². The van der Waals surface area contributed by atoms with E-state index < -0.39 is 0 Å². The highest BCUT2D eigenvalue weighted by Gasteiger charge is 2.10. The van der Waals surface area contributed by atoms with Crippen LogP contribution < -0.4 is 10.6 Å². The average molecular weight is 258 g/mol. The van der Waals surface area contributed by atoms with Crippen molar-refractivity contribution in [1.29, 1.82) is 0 Å². The number of rotatable bonds is 3. The Balaban J connectivity index is 3.04. The molecule has 14 heavy (non-hydrogen) atoms. The first-order chi connectivity index (χ1) is 6.57. The molecule has 1 heterocycles. The third-order valence-corrected chi connectivity index (χ3v) is 3.15. The van der Waals surface area contributed by atoms with Crippen molar-refractivity contribution in [2.24, 2.45) is 0 Å². The number of hydrogen-bond acceptors (Lipinski definition) is 3. The van der Waals surface area contributed by atoms with Gasteiger partial charge in [0, 0.05) is 13.6 Å². The number of nitrogens with two attached hydrogens (primary N) is 1. The fourth-order valence-corrected chi connectivity index (χ4v) is 1.92. The summed E-state index contributed by atoms with van der Waals surface area (Å²) in [5.74, 6) is 0.957. The molecule has 0 aliphatic heterocycles. The van der Waals surface area contributed by atoms with Crippen molar-refractivity contribution in [2.45, 2.75) is 20.3 Å². The molecular weight excluding hydrogens is 242 g/mol. The molecule has 3 nitrogen and oxygen atoms in total. The summed E-state index contributed by atoms with van der Waals surface area (Å²) < 4.78 is 0.994. The van der Waals surface area contributed by atoms with Crippen molar-refractivity contribution in [1.82, 2.24) is 4.98 Å². The molecule has 0 aliphatic carbocycles. The fraction of sp³-hybridized carbons (Fsp3) is 0.500. The number of nitrogens with zero attached hydrogens (tertiary/aromatic N) is 2. The molecule has 0 saturated carbocycles. The third kappa shape index (κ3) is 2.18. The van der Waals surface area contributed by atoms with Crippen molar-refractivity contribution in [2.75, 3.05) is 24.2 Å². The zero-order chi connectivity index (χ0) is 10.7. The van der Waals surface area contributed by atoms with E-state index in [1.54, 1.807) is 6.20 Å². The predicted octanol–water partition coefficient (Wildman–Crippen LogP) is 2.58. The lowest BCUT2D eigenvalue weighted by atomic mass is 10.2. The van der Waals surface area contributed by atoms with Crippen LogP contribution in [-0.2, 0) is 0 Å². The van der Waals surface area contributed by atoms with Gasteiger partial charge < -0.3 is 10.6 Å². The van der Waals surface area contributed by atoms with Crippen molar-refractivity contribution >= 4 is 27.4 Å². The minimum Gasteiger partial charge on any atom is -0.397 e. The molecule has 0 spiro atoms. The van der Waals surface area contributed by atoms with E-state index in [9.17, 15) is 0 Å². The lowest BCUT2D eigenvalue weighted by Crippen LogP contribution is -2.20. The smallest absolute Gasteiger partial charge is 0.143 e. The van der Waals surface area contributed by atoms with Crippen LogP contribution in [0.3, 0.4) is 0 Å². The maximum absolute atomic E-state index is 5.75. The lowest BCUT2D eigenvalue weighted by Gasteiger charge is -2.19. The van der Waals surface area contributed by atoms with Gasteiger partial charge in [-0.05, 0) is 34.8 Å². The first-order valence-corrected chi connectivity index (χ1v) is 5.49. The van der Waals surface area contributed by atoms with E-state index >= 15 is 0 Å². The van der Waals surface area contributed by atoms with Crippen LogP contribution in [-0.4, -0.2) is 18.6 Å². The summed E-state index contributed by atoms with van der Waals surface area (Å²) in [4.78, 5) is 6.43. The summed E-state index contributed by atoms with van der Waals surface area (Å²) in [6, 6.07) is 0. The van der Waals surface area contributed by atoms with E-state index in [2.05, 4.69) is 32.7 Å². The highest BCUT2D eigenvalue weighted by molar-refractivity contribution is 9.10. The Kier molecular flexibility index (Phi) is 3.75. The second kappa shape index (κ2) is 4.64. The maximum atomic E-state index is 5.75. The number of halogens is 1. The van der Waals surface area contributed by atoms with Crippen molar-refractivity contribution in [3.63, 3.8) is 0 Å². The van der Waals surface area contributed by atoms with Gasteiger partial charge in [0.05, 0.1) is 16.4 Å². The Morgan fingerprint density at radius 2 is 2.21 bits per heavy atom. The van der Waals surface area contributed by atoms with Gasteiger partial charge in [-0.3, -0.25) is 0 Å². The summed E-state index contributed by atoms with van der Waals surface area (Å²) in [5.41, 5.74) is 7.53. The molecule has 1 rings (SSSR count). The van der Waals surface area contributed by atoms with E-state index in [4.69, 9.17) is 5.73 Å². The summed E-state index contributed by atoms with van der Waals surface area (Å²) in [5, 5.41) is 0. The Labute approximate surface area is 93.4 Å². The summed E-state index contributed by atoms with van der Waals surface area (Å²) in [6.45, 7) is 5.13. The van der Waals surface area contributed by atoms with Crippen molar-refractivity contribution in [3.8, 4) is 0 Å². The lowest BCUT2D eigenvalue weighted by molar-refractivity contribution is 0.834. The van der Waals surface area contributed by atoms with Gasteiger partial charge in [0.15, 0.2) is 0 Å². The second-order valence-electron chi connectivity index (χ2n) is 3.40. The zero-order valence-electron chi connectivity index (χ0n) is 8.84. The number of pyridine rings is 1. The van der Waals surface area contributed by atoms with Gasteiger partial charge in [0.1, 0.15) is 5.82 Å². The van der Waals surface area contributed by atoms with Crippen LogP contribution in [0.2, 0.25) is 0 Å². The molecule has 0 aromatic carbocycles. The van der Waals surface area contributed by atoms with Gasteiger partial charge in [0.2, 0.25) is 0 Å². The van der Waals surface area contributed by atoms with Gasteiger partial charge in [-0.15, -0.1) is 0 Å². The Hall–Kier alpha value is -0.770. The van der Waals surface area contributed by atoms with Crippen LogP contribution in [0.5, 0.6) is 0 Å². The molecule has 0 aliphatic rings. The molecule has 0 unspecified atom stereocenters. The van der Waals surface area contributed by atoms with Gasteiger partial charge in [-0.25, -0.2) is 4.98 Å². The van der Waals surface area contributed by atoms with E-state index in [0.717, 1.165) is 34.5 Å². The number of nitrogen functional groups attached to an aromatic ring is 1. The quantitative estimate of drug-likeness (QED) is 0.906. The van der Waals surface area contributed by atoms with Crippen LogP contribution in [0.15, 0.2) is 10.7 Å². The second-order valence-corrected chi connectivity index (χ2v) is 4.19. The average Bonchev–Trinajstić information content (AvgIpc) is 2.15. The van der Waals surface area contributed by atoms with Crippen LogP contribution in [0.4, 0.5) is 11.5 Å². The first-order valence-electron chi connectivity index (χ1n) is 4.69. The molecule has 78 valence electrons. The molecule has 0 bridgehead atoms. The first kappa shape index (κ1) is 11.3. The highest BCUT2D eigenvalue weighted by Crippen LogP contribution is 2.29. The van der Waals surface area contributed by atoms with Crippen LogP contribution in [0, 0.1) is 6.92 Å². The van der Waals surface area contributed by atoms with Crippen LogP contribution in [0.1, 0.15) is 18.9 Å². The molecule has 0 amide bonds. The predicted molar refractivity (Wildman–Crippen MR) is 64.6 cm³/mol. The summed E-state index contributed by atoms with van der Waals surface area (Å²) in [6.07, 6.45) is 2.82. The van der Waals surface area contributed by atoms with E-state index in [1.807, 2.05) is 14.0 Å². The molecule has 4 heteroatoms. The molecule has 0 saturated heterocycles. The minimum atomic E-state index is 0.727. The van der Waals surface area contributed by atoms with Gasteiger partial charge in [0.25, 0.3) is 0 Å². The monoisotopic (exact) mass is 257 g/mol. The maximum Gasteiger partial charge on any atom is 0.143 e. The molecular formula is C10H16BrN3. The minimum absolute atomic E-state index is 0.727. The Morgan fingerprint density at radius 1 is 1.57 bits per heavy atom. The zero-order valence-corrected chi connectivity index (χ0v) is 10.4. The highest BCUT2D eigenvalue weighted by atomic mass is 79.9. The largest absolute Gasteiger partial charge is 0.397 e. The van der Waals surface area contributed by atoms with Gasteiger partial charge in [-0.2, -0.15) is 0 Å². The number of aromatic nitrogens is 1. The Morgan fingerprint density at radius 3 is 2.79 bits per heavy atom. The molecule has 0 radical (unpaired) electrons. The Bertz CT molecular complexity index is 325. The summed E-state index contributed by atoms with van der Waals surface area (Å²) in [7, 11) is 2.03. The normalized spacial score (nSPS) is 10.3. The molecule has 2 N–H and O–H groups in total. The third-order valence-electron chi connectivity index (χ3n) is 2.21. The van der Waals surface area contributed by atoms with Crippen LogP contribution >= 0.6 is 15.9 Å². The topological polar surface area (TPSA) is 42.2 Å². The van der Waals surface area contributed by atoms with Gasteiger partial charge >= 0.3 is 0 Å². The van der Waals surface area contributed by atoms with Crippen LogP contribution in [0.25, 0.3) is 0 Å². The molecule has 0 fully saturated rings.